The standard InChI is InChI=1S/C12H24N4O/c1-13-12(15-10-6-4-5-7-10)14-9-8-11(17)16(2)3/h10H,4-9H2,1-3H3,(H2,13,14,15). The van der Waals surface area contributed by atoms with Gasteiger partial charge in [-0.3, -0.25) is 9.79 Å². The summed E-state index contributed by atoms with van der Waals surface area (Å²) in [5, 5.41) is 6.56. The third kappa shape index (κ3) is 5.06. The molecule has 0 unspecified atom stereocenters. The van der Waals surface area contributed by atoms with E-state index in [2.05, 4.69) is 15.6 Å². The number of hydrogen-bond donors (Lipinski definition) is 2. The van der Waals surface area contributed by atoms with Crippen molar-refractivity contribution in [2.75, 3.05) is 27.7 Å². The van der Waals surface area contributed by atoms with Crippen molar-refractivity contribution >= 4 is 11.9 Å². The molecule has 1 aliphatic rings. The maximum Gasteiger partial charge on any atom is 0.223 e. The second kappa shape index (κ2) is 7.14. The molecule has 17 heavy (non-hydrogen) atoms. The first-order valence-corrected chi connectivity index (χ1v) is 6.31. The van der Waals surface area contributed by atoms with E-state index in [1.54, 1.807) is 26.0 Å². The molecule has 5 nitrogen and oxygen atoms in total. The summed E-state index contributed by atoms with van der Waals surface area (Å²) in [6.07, 6.45) is 5.54. The molecule has 0 aromatic heterocycles. The highest BCUT2D eigenvalue weighted by molar-refractivity contribution is 5.81. The lowest BCUT2D eigenvalue weighted by atomic mass is 10.2. The van der Waals surface area contributed by atoms with Crippen LogP contribution in [-0.2, 0) is 4.79 Å². The van der Waals surface area contributed by atoms with Crippen LogP contribution < -0.4 is 10.6 Å². The van der Waals surface area contributed by atoms with Crippen LogP contribution in [-0.4, -0.2) is 50.5 Å². The Kier molecular flexibility index (Phi) is 5.80. The van der Waals surface area contributed by atoms with Crippen molar-refractivity contribution in [3.05, 3.63) is 0 Å². The maximum absolute atomic E-state index is 11.4. The molecule has 98 valence electrons. The highest BCUT2D eigenvalue weighted by Crippen LogP contribution is 2.17. The van der Waals surface area contributed by atoms with Gasteiger partial charge in [-0.05, 0) is 12.8 Å². The predicted molar refractivity (Wildman–Crippen MR) is 70.1 cm³/mol. The van der Waals surface area contributed by atoms with Gasteiger partial charge in [-0.15, -0.1) is 0 Å². The quantitative estimate of drug-likeness (QED) is 0.558. The molecule has 1 rings (SSSR count). The van der Waals surface area contributed by atoms with E-state index in [1.165, 1.54) is 25.7 Å². The second-order valence-corrected chi connectivity index (χ2v) is 4.66. The van der Waals surface area contributed by atoms with E-state index in [4.69, 9.17) is 0 Å². The zero-order chi connectivity index (χ0) is 12.7. The molecule has 1 amide bonds. The van der Waals surface area contributed by atoms with Gasteiger partial charge in [-0.1, -0.05) is 12.8 Å². The number of aliphatic imine (C=N–C) groups is 1. The summed E-state index contributed by atoms with van der Waals surface area (Å²) >= 11 is 0. The van der Waals surface area contributed by atoms with Crippen molar-refractivity contribution in [2.24, 2.45) is 4.99 Å². The van der Waals surface area contributed by atoms with Gasteiger partial charge < -0.3 is 15.5 Å². The Morgan fingerprint density at radius 3 is 2.53 bits per heavy atom. The predicted octanol–water partition coefficient (Wildman–Crippen LogP) is 0.572. The normalized spacial score (nSPS) is 17.0. The van der Waals surface area contributed by atoms with Crippen molar-refractivity contribution < 1.29 is 4.79 Å². The van der Waals surface area contributed by atoms with Gasteiger partial charge in [0.2, 0.25) is 5.91 Å². The summed E-state index contributed by atoms with van der Waals surface area (Å²) in [5.41, 5.74) is 0. The highest BCUT2D eigenvalue weighted by Gasteiger charge is 2.15. The van der Waals surface area contributed by atoms with Crippen LogP contribution >= 0.6 is 0 Å². The number of carbonyl (C=O) groups excluding carboxylic acids is 1. The Bertz CT molecular complexity index is 270. The molecule has 1 saturated carbocycles. The molecule has 0 radical (unpaired) electrons. The highest BCUT2D eigenvalue weighted by atomic mass is 16.2. The lowest BCUT2D eigenvalue weighted by Crippen LogP contribution is -2.43. The summed E-state index contributed by atoms with van der Waals surface area (Å²) in [6, 6.07) is 0.547. The molecular formula is C12H24N4O. The van der Waals surface area contributed by atoms with Crippen LogP contribution in [0.15, 0.2) is 4.99 Å². The molecule has 0 heterocycles. The molecule has 0 aliphatic heterocycles. The summed E-state index contributed by atoms with van der Waals surface area (Å²) in [4.78, 5) is 17.2. The van der Waals surface area contributed by atoms with Gasteiger partial charge in [0.1, 0.15) is 0 Å². The summed E-state index contributed by atoms with van der Waals surface area (Å²) < 4.78 is 0. The Labute approximate surface area is 104 Å². The van der Waals surface area contributed by atoms with E-state index < -0.39 is 0 Å². The smallest absolute Gasteiger partial charge is 0.223 e. The fourth-order valence-electron chi connectivity index (χ4n) is 1.97. The third-order valence-corrected chi connectivity index (χ3v) is 3.05. The molecule has 0 bridgehead atoms. The van der Waals surface area contributed by atoms with Crippen molar-refractivity contribution in [2.45, 2.75) is 38.1 Å². The topological polar surface area (TPSA) is 56.7 Å². The van der Waals surface area contributed by atoms with Crippen LogP contribution in [0.2, 0.25) is 0 Å². The molecule has 5 heteroatoms. The van der Waals surface area contributed by atoms with Gasteiger partial charge in [0.25, 0.3) is 0 Å². The van der Waals surface area contributed by atoms with Crippen LogP contribution in [0, 0.1) is 0 Å². The lowest BCUT2D eigenvalue weighted by molar-refractivity contribution is -0.128. The molecule has 0 aromatic rings. The van der Waals surface area contributed by atoms with Crippen molar-refractivity contribution in [3.8, 4) is 0 Å². The van der Waals surface area contributed by atoms with Gasteiger partial charge in [-0.2, -0.15) is 0 Å². The van der Waals surface area contributed by atoms with Crippen LogP contribution in [0.4, 0.5) is 0 Å². The number of amides is 1. The first kappa shape index (κ1) is 13.8. The average Bonchev–Trinajstić information content (AvgIpc) is 2.80. The SMILES string of the molecule is CN=C(NCCC(=O)N(C)C)NC1CCCC1. The minimum Gasteiger partial charge on any atom is -0.356 e. The van der Waals surface area contributed by atoms with Crippen molar-refractivity contribution in [1.82, 2.24) is 15.5 Å². The largest absolute Gasteiger partial charge is 0.356 e. The fourth-order valence-corrected chi connectivity index (χ4v) is 1.97. The second-order valence-electron chi connectivity index (χ2n) is 4.66. The van der Waals surface area contributed by atoms with E-state index in [0.717, 1.165) is 5.96 Å². The van der Waals surface area contributed by atoms with Crippen LogP contribution in [0.25, 0.3) is 0 Å². The van der Waals surface area contributed by atoms with E-state index in [1.807, 2.05) is 0 Å². The van der Waals surface area contributed by atoms with E-state index in [0.29, 0.717) is 19.0 Å². The summed E-state index contributed by atoms with van der Waals surface area (Å²) in [6.45, 7) is 0.628. The van der Waals surface area contributed by atoms with Gasteiger partial charge in [0.15, 0.2) is 5.96 Å². The number of nitrogens with one attached hydrogen (secondary N) is 2. The van der Waals surface area contributed by atoms with Crippen LogP contribution in [0.3, 0.4) is 0 Å². The zero-order valence-electron chi connectivity index (χ0n) is 11.1. The first-order chi connectivity index (χ1) is 8.13. The molecule has 1 aliphatic carbocycles. The van der Waals surface area contributed by atoms with Crippen LogP contribution in [0.5, 0.6) is 0 Å². The first-order valence-electron chi connectivity index (χ1n) is 6.31. The van der Waals surface area contributed by atoms with Crippen molar-refractivity contribution in [3.63, 3.8) is 0 Å². The van der Waals surface area contributed by atoms with Gasteiger partial charge in [0.05, 0.1) is 0 Å². The fraction of sp³-hybridized carbons (Fsp3) is 0.833. The number of hydrogen-bond acceptors (Lipinski definition) is 2. The minimum atomic E-state index is 0.133. The number of carbonyl (C=O) groups is 1. The monoisotopic (exact) mass is 240 g/mol. The molecule has 0 aromatic carbocycles. The van der Waals surface area contributed by atoms with E-state index >= 15 is 0 Å². The molecular weight excluding hydrogens is 216 g/mol. The lowest BCUT2D eigenvalue weighted by Gasteiger charge is -2.17. The van der Waals surface area contributed by atoms with Crippen molar-refractivity contribution in [1.29, 1.82) is 0 Å². The Hall–Kier alpha value is -1.26. The zero-order valence-corrected chi connectivity index (χ0v) is 11.1. The Morgan fingerprint density at radius 2 is 2.00 bits per heavy atom. The van der Waals surface area contributed by atoms with Crippen LogP contribution in [0.1, 0.15) is 32.1 Å². The summed E-state index contributed by atoms with van der Waals surface area (Å²) in [5.74, 6) is 0.942. The summed E-state index contributed by atoms with van der Waals surface area (Å²) in [7, 11) is 5.31. The molecule has 0 spiro atoms. The number of guanidine groups is 1. The average molecular weight is 240 g/mol. The van der Waals surface area contributed by atoms with Gasteiger partial charge in [0, 0.05) is 40.2 Å². The number of nitrogens with zero attached hydrogens (tertiary/aromatic N) is 2. The van der Waals surface area contributed by atoms with Gasteiger partial charge >= 0.3 is 0 Å². The Balaban J connectivity index is 2.21. The Morgan fingerprint density at radius 1 is 1.35 bits per heavy atom. The minimum absolute atomic E-state index is 0.133. The molecule has 0 saturated heterocycles. The van der Waals surface area contributed by atoms with E-state index in [9.17, 15) is 4.79 Å². The molecule has 2 N–H and O–H groups in total. The molecule has 0 atom stereocenters. The maximum atomic E-state index is 11.4. The van der Waals surface area contributed by atoms with E-state index in [-0.39, 0.29) is 5.91 Å². The third-order valence-electron chi connectivity index (χ3n) is 3.05. The molecule has 1 fully saturated rings. The van der Waals surface area contributed by atoms with Gasteiger partial charge in [-0.25, -0.2) is 0 Å². The number of rotatable bonds is 4.